The van der Waals surface area contributed by atoms with E-state index in [1.807, 2.05) is 13.0 Å². The molecule has 4 nitrogen and oxygen atoms in total. The third kappa shape index (κ3) is 7.59. The zero-order valence-corrected chi connectivity index (χ0v) is 20.6. The van der Waals surface area contributed by atoms with Gasteiger partial charge in [0.25, 0.3) is 0 Å². The lowest BCUT2D eigenvalue weighted by atomic mass is 9.81. The maximum absolute atomic E-state index is 12.8. The minimum atomic E-state index is -0.0862. The van der Waals surface area contributed by atoms with Crippen molar-refractivity contribution in [3.8, 4) is 5.75 Å². The van der Waals surface area contributed by atoms with Crippen molar-refractivity contribution in [2.45, 2.75) is 104 Å². The van der Waals surface area contributed by atoms with Crippen molar-refractivity contribution in [2.75, 3.05) is 13.2 Å². The van der Waals surface area contributed by atoms with E-state index in [2.05, 4.69) is 26.0 Å². The number of hydrogen-bond donors (Lipinski definition) is 0. The molecule has 1 saturated heterocycles. The molecule has 0 aromatic heterocycles. The first-order valence-electron chi connectivity index (χ1n) is 13.1. The summed E-state index contributed by atoms with van der Waals surface area (Å²) < 4.78 is 18.0. The van der Waals surface area contributed by atoms with Crippen LogP contribution in [0.2, 0.25) is 0 Å². The molecule has 1 aliphatic carbocycles. The summed E-state index contributed by atoms with van der Waals surface area (Å²) in [5.41, 5.74) is 2.38. The van der Waals surface area contributed by atoms with Crippen LogP contribution < -0.4 is 4.74 Å². The molecule has 32 heavy (non-hydrogen) atoms. The summed E-state index contributed by atoms with van der Waals surface area (Å²) in [6.07, 6.45) is 13.4. The molecule has 0 atom stereocenters. The van der Waals surface area contributed by atoms with Crippen LogP contribution in [0.1, 0.15) is 95.6 Å². The third-order valence-corrected chi connectivity index (χ3v) is 7.22. The lowest BCUT2D eigenvalue weighted by Gasteiger charge is -2.37. The zero-order chi connectivity index (χ0) is 22.8. The van der Waals surface area contributed by atoms with E-state index in [4.69, 9.17) is 14.2 Å². The third-order valence-electron chi connectivity index (χ3n) is 7.22. The van der Waals surface area contributed by atoms with E-state index in [1.165, 1.54) is 50.5 Å². The summed E-state index contributed by atoms with van der Waals surface area (Å²) >= 11 is 0. The first kappa shape index (κ1) is 25.2. The molecule has 1 heterocycles. The zero-order valence-electron chi connectivity index (χ0n) is 20.6. The molecule has 180 valence electrons. The Morgan fingerprint density at radius 2 is 1.66 bits per heavy atom. The van der Waals surface area contributed by atoms with Gasteiger partial charge in [0.05, 0.1) is 19.1 Å². The van der Waals surface area contributed by atoms with Crippen molar-refractivity contribution < 1.29 is 19.0 Å². The van der Waals surface area contributed by atoms with E-state index in [1.54, 1.807) is 0 Å². The monoisotopic (exact) mass is 444 g/mol. The van der Waals surface area contributed by atoms with Crippen LogP contribution in [0.4, 0.5) is 0 Å². The first-order valence-corrected chi connectivity index (χ1v) is 13.1. The number of ether oxygens (including phenoxy) is 3. The van der Waals surface area contributed by atoms with E-state index in [-0.39, 0.29) is 18.2 Å². The average Bonchev–Trinajstić information content (AvgIpc) is 2.82. The van der Waals surface area contributed by atoms with Crippen LogP contribution in [0.15, 0.2) is 18.2 Å². The van der Waals surface area contributed by atoms with E-state index in [9.17, 15) is 4.79 Å². The number of aryl methyl sites for hydroxylation is 2. The summed E-state index contributed by atoms with van der Waals surface area (Å²) in [6.45, 7) is 8.15. The Balaban J connectivity index is 1.39. The van der Waals surface area contributed by atoms with Gasteiger partial charge >= 0.3 is 5.97 Å². The molecule has 4 heteroatoms. The minimum Gasteiger partial charge on any atom is -0.426 e. The Morgan fingerprint density at radius 1 is 0.969 bits per heavy atom. The summed E-state index contributed by atoms with van der Waals surface area (Å²) in [7, 11) is 0. The van der Waals surface area contributed by atoms with Crippen molar-refractivity contribution in [1.82, 2.24) is 0 Å². The van der Waals surface area contributed by atoms with Gasteiger partial charge in [0, 0.05) is 11.8 Å². The fourth-order valence-electron chi connectivity index (χ4n) is 5.06. The molecule has 0 bridgehead atoms. The van der Waals surface area contributed by atoms with Gasteiger partial charge < -0.3 is 14.2 Å². The summed E-state index contributed by atoms with van der Waals surface area (Å²) in [4.78, 5) is 12.8. The molecule has 2 fully saturated rings. The number of esters is 1. The Bertz CT molecular complexity index is 685. The van der Waals surface area contributed by atoms with Crippen LogP contribution in [-0.4, -0.2) is 25.5 Å². The molecule has 0 spiro atoms. The largest absolute Gasteiger partial charge is 0.426 e. The molecule has 1 saturated carbocycles. The van der Waals surface area contributed by atoms with Crippen LogP contribution in [0, 0.1) is 24.7 Å². The smallest absolute Gasteiger partial charge is 0.314 e. The number of carbonyl (C=O) groups is 1. The Labute approximate surface area is 195 Å². The highest BCUT2D eigenvalue weighted by atomic mass is 16.7. The summed E-state index contributed by atoms with van der Waals surface area (Å²) in [6, 6.07) is 6.25. The van der Waals surface area contributed by atoms with Crippen LogP contribution in [0.3, 0.4) is 0 Å². The molecular weight excluding hydrogens is 400 g/mol. The summed E-state index contributed by atoms with van der Waals surface area (Å²) in [5, 5.41) is 0. The fourth-order valence-corrected chi connectivity index (χ4v) is 5.06. The molecule has 0 unspecified atom stereocenters. The Hall–Kier alpha value is -1.39. The number of carbonyl (C=O) groups excluding carboxylic acids is 1. The van der Waals surface area contributed by atoms with Gasteiger partial charge in [-0.3, -0.25) is 4.79 Å². The average molecular weight is 445 g/mol. The molecule has 0 amide bonds. The van der Waals surface area contributed by atoms with Crippen LogP contribution in [-0.2, 0) is 20.7 Å². The second-order valence-corrected chi connectivity index (χ2v) is 9.99. The molecular formula is C28H44O4. The van der Waals surface area contributed by atoms with Gasteiger partial charge in [-0.25, -0.2) is 0 Å². The van der Waals surface area contributed by atoms with Crippen molar-refractivity contribution in [1.29, 1.82) is 0 Å². The van der Waals surface area contributed by atoms with Crippen molar-refractivity contribution in [2.24, 2.45) is 17.8 Å². The molecule has 1 aliphatic heterocycles. The van der Waals surface area contributed by atoms with E-state index < -0.39 is 0 Å². The van der Waals surface area contributed by atoms with Gasteiger partial charge in [0.15, 0.2) is 6.29 Å². The molecule has 1 aromatic carbocycles. The molecule has 3 rings (SSSR count). The number of rotatable bonds is 11. The second kappa shape index (κ2) is 13.3. The summed E-state index contributed by atoms with van der Waals surface area (Å²) in [5.74, 6) is 1.57. The topological polar surface area (TPSA) is 44.8 Å². The Kier molecular flexibility index (Phi) is 10.5. The minimum absolute atomic E-state index is 0.0136. The van der Waals surface area contributed by atoms with Gasteiger partial charge in [-0.1, -0.05) is 58.1 Å². The highest BCUT2D eigenvalue weighted by molar-refractivity contribution is 5.75. The standard InChI is InChI=1S/C28H44O4/c1-4-6-8-10-22-12-17-26(21(3)18-22)32-27(29)24-13-15-25(16-14-24)28-30-19-23(20-31-28)11-9-7-5-2/h12,17-18,23-25,28H,4-11,13-16,19-20H2,1-3H3. The fraction of sp³-hybridized carbons (Fsp3) is 0.750. The van der Waals surface area contributed by atoms with Crippen LogP contribution >= 0.6 is 0 Å². The maximum Gasteiger partial charge on any atom is 0.314 e. The van der Waals surface area contributed by atoms with Crippen LogP contribution in [0.25, 0.3) is 0 Å². The first-order chi connectivity index (χ1) is 15.6. The van der Waals surface area contributed by atoms with E-state index >= 15 is 0 Å². The predicted molar refractivity (Wildman–Crippen MR) is 129 cm³/mol. The second-order valence-electron chi connectivity index (χ2n) is 9.99. The highest BCUT2D eigenvalue weighted by Gasteiger charge is 2.35. The lowest BCUT2D eigenvalue weighted by Crippen LogP contribution is -2.39. The van der Waals surface area contributed by atoms with Crippen molar-refractivity contribution >= 4 is 5.97 Å². The van der Waals surface area contributed by atoms with Crippen LogP contribution in [0.5, 0.6) is 5.75 Å². The lowest BCUT2D eigenvalue weighted by molar-refractivity contribution is -0.230. The number of unbranched alkanes of at least 4 members (excludes halogenated alkanes) is 4. The van der Waals surface area contributed by atoms with Gasteiger partial charge in [-0.05, 0) is 69.1 Å². The number of benzene rings is 1. The molecule has 0 radical (unpaired) electrons. The highest BCUT2D eigenvalue weighted by Crippen LogP contribution is 2.35. The van der Waals surface area contributed by atoms with Crippen molar-refractivity contribution in [3.63, 3.8) is 0 Å². The van der Waals surface area contributed by atoms with Gasteiger partial charge in [0.1, 0.15) is 5.75 Å². The quantitative estimate of drug-likeness (QED) is 0.209. The van der Waals surface area contributed by atoms with E-state index in [0.717, 1.165) is 50.9 Å². The predicted octanol–water partition coefficient (Wildman–Crippen LogP) is 7.01. The Morgan fingerprint density at radius 3 is 2.31 bits per heavy atom. The van der Waals surface area contributed by atoms with Gasteiger partial charge in [-0.15, -0.1) is 0 Å². The molecule has 2 aliphatic rings. The van der Waals surface area contributed by atoms with Gasteiger partial charge in [-0.2, -0.15) is 0 Å². The molecule has 1 aromatic rings. The normalized spacial score (nSPS) is 26.1. The van der Waals surface area contributed by atoms with E-state index in [0.29, 0.717) is 17.6 Å². The van der Waals surface area contributed by atoms with Gasteiger partial charge in [0.2, 0.25) is 0 Å². The maximum atomic E-state index is 12.8. The SMILES string of the molecule is CCCCCc1ccc(OC(=O)C2CCC(C3OCC(CCCCC)CO3)CC2)c(C)c1. The molecule has 0 N–H and O–H groups in total. The van der Waals surface area contributed by atoms with Crippen molar-refractivity contribution in [3.05, 3.63) is 29.3 Å². The number of hydrogen-bond acceptors (Lipinski definition) is 4.